The smallest absolute Gasteiger partial charge is 0.269 e. The van der Waals surface area contributed by atoms with Gasteiger partial charge in [0.05, 0.1) is 6.20 Å². The Morgan fingerprint density at radius 3 is 2.59 bits per heavy atom. The summed E-state index contributed by atoms with van der Waals surface area (Å²) < 4.78 is 0. The number of rotatable bonds is 2. The van der Waals surface area contributed by atoms with Crippen molar-refractivity contribution in [1.82, 2.24) is 9.97 Å². The molecule has 1 N–H and O–H groups in total. The molecule has 0 aliphatic carbocycles. The molecule has 0 radical (unpaired) electrons. The fourth-order valence-electron chi connectivity index (χ4n) is 1.52. The quantitative estimate of drug-likeness (QED) is 0.848. The third-order valence-corrected chi connectivity index (χ3v) is 2.56. The van der Waals surface area contributed by atoms with Gasteiger partial charge in [-0.15, -0.1) is 0 Å². The largest absolute Gasteiger partial charge is 0.305 e. The average molecular weight is 225 g/mol. The van der Waals surface area contributed by atoms with E-state index in [1.165, 1.54) is 11.8 Å². The van der Waals surface area contributed by atoms with E-state index in [4.69, 9.17) is 5.26 Å². The van der Waals surface area contributed by atoms with Gasteiger partial charge in [-0.25, -0.2) is 4.98 Å². The summed E-state index contributed by atoms with van der Waals surface area (Å²) in [6.45, 7) is 2.08. The Morgan fingerprint density at radius 1 is 1.35 bits per heavy atom. The zero-order chi connectivity index (χ0) is 12.3. The van der Waals surface area contributed by atoms with Crippen LogP contribution in [0.4, 0.5) is 0 Å². The normalized spacial score (nSPS) is 9.88. The van der Waals surface area contributed by atoms with Crippen molar-refractivity contribution in [3.05, 3.63) is 51.9 Å². The molecular formula is C13H11N3O. The minimum atomic E-state index is -0.405. The van der Waals surface area contributed by atoms with Crippen LogP contribution < -0.4 is 5.56 Å². The zero-order valence-corrected chi connectivity index (χ0v) is 9.40. The summed E-state index contributed by atoms with van der Waals surface area (Å²) in [6.07, 6.45) is 2.26. The highest BCUT2D eigenvalue weighted by atomic mass is 16.1. The first-order valence-electron chi connectivity index (χ1n) is 5.33. The van der Waals surface area contributed by atoms with E-state index in [-0.39, 0.29) is 5.56 Å². The highest BCUT2D eigenvalue weighted by Gasteiger charge is 2.03. The van der Waals surface area contributed by atoms with E-state index in [2.05, 4.69) is 16.9 Å². The van der Waals surface area contributed by atoms with E-state index in [0.717, 1.165) is 12.0 Å². The average Bonchev–Trinajstić information content (AvgIpc) is 2.39. The van der Waals surface area contributed by atoms with Crippen molar-refractivity contribution in [1.29, 1.82) is 5.26 Å². The van der Waals surface area contributed by atoms with E-state index in [1.807, 2.05) is 24.3 Å². The summed E-state index contributed by atoms with van der Waals surface area (Å²) in [5.41, 5.74) is 1.68. The van der Waals surface area contributed by atoms with Crippen molar-refractivity contribution >= 4 is 0 Å². The molecule has 0 amide bonds. The predicted molar refractivity (Wildman–Crippen MR) is 64.4 cm³/mol. The van der Waals surface area contributed by atoms with Crippen molar-refractivity contribution < 1.29 is 0 Å². The Balaban J connectivity index is 2.43. The first-order chi connectivity index (χ1) is 8.24. The van der Waals surface area contributed by atoms with E-state index in [9.17, 15) is 4.79 Å². The maximum absolute atomic E-state index is 11.4. The van der Waals surface area contributed by atoms with E-state index in [0.29, 0.717) is 5.82 Å². The highest BCUT2D eigenvalue weighted by molar-refractivity contribution is 5.55. The van der Waals surface area contributed by atoms with Crippen LogP contribution in [0.15, 0.2) is 35.3 Å². The number of nitrogens with zero attached hydrogens (tertiary/aromatic N) is 2. The van der Waals surface area contributed by atoms with Crippen LogP contribution in [0.5, 0.6) is 0 Å². The minimum absolute atomic E-state index is 0.0268. The van der Waals surface area contributed by atoms with E-state index in [1.54, 1.807) is 6.07 Å². The molecule has 84 valence electrons. The standard InChI is InChI=1S/C13H11N3O/c1-2-9-3-5-10(6-4-9)12-15-8-11(7-14)13(17)16-12/h3-6,8H,2H2,1H3,(H,15,16,17). The second-order valence-corrected chi connectivity index (χ2v) is 3.64. The van der Waals surface area contributed by atoms with Gasteiger partial charge in [-0.05, 0) is 12.0 Å². The molecule has 2 aromatic rings. The molecule has 1 aromatic heterocycles. The van der Waals surface area contributed by atoms with Crippen LogP contribution in [0, 0.1) is 11.3 Å². The van der Waals surface area contributed by atoms with Gasteiger partial charge in [-0.3, -0.25) is 4.79 Å². The van der Waals surface area contributed by atoms with Gasteiger partial charge < -0.3 is 4.98 Å². The van der Waals surface area contributed by atoms with Gasteiger partial charge in [0.2, 0.25) is 0 Å². The molecule has 2 rings (SSSR count). The van der Waals surface area contributed by atoms with Crippen LogP contribution in [-0.4, -0.2) is 9.97 Å². The first kappa shape index (κ1) is 11.1. The van der Waals surface area contributed by atoms with E-state index >= 15 is 0 Å². The van der Waals surface area contributed by atoms with Crippen LogP contribution in [0.25, 0.3) is 11.4 Å². The summed E-state index contributed by atoms with van der Waals surface area (Å²) in [6, 6.07) is 9.58. The van der Waals surface area contributed by atoms with E-state index < -0.39 is 5.56 Å². The molecule has 0 saturated heterocycles. The van der Waals surface area contributed by atoms with Crippen LogP contribution in [0.1, 0.15) is 18.1 Å². The summed E-state index contributed by atoms with van der Waals surface area (Å²) in [4.78, 5) is 18.1. The van der Waals surface area contributed by atoms with Gasteiger partial charge in [-0.1, -0.05) is 31.2 Å². The van der Waals surface area contributed by atoms with Crippen LogP contribution in [0.3, 0.4) is 0 Å². The molecule has 4 heteroatoms. The molecule has 17 heavy (non-hydrogen) atoms. The number of benzene rings is 1. The fraction of sp³-hybridized carbons (Fsp3) is 0.154. The van der Waals surface area contributed by atoms with Crippen LogP contribution >= 0.6 is 0 Å². The fourth-order valence-corrected chi connectivity index (χ4v) is 1.52. The number of H-pyrrole nitrogens is 1. The van der Waals surface area contributed by atoms with Gasteiger partial charge in [0.15, 0.2) is 0 Å². The van der Waals surface area contributed by atoms with Crippen molar-refractivity contribution in [3.8, 4) is 17.5 Å². The summed E-state index contributed by atoms with van der Waals surface area (Å²) in [7, 11) is 0. The highest BCUT2D eigenvalue weighted by Crippen LogP contribution is 2.14. The van der Waals surface area contributed by atoms with Crippen molar-refractivity contribution in [2.45, 2.75) is 13.3 Å². The molecular weight excluding hydrogens is 214 g/mol. The number of nitrogens with one attached hydrogen (secondary N) is 1. The Bertz CT molecular complexity index is 620. The lowest BCUT2D eigenvalue weighted by Gasteiger charge is -2.01. The molecule has 1 heterocycles. The lowest BCUT2D eigenvalue weighted by molar-refractivity contribution is 1.10. The molecule has 0 spiro atoms. The van der Waals surface area contributed by atoms with Crippen molar-refractivity contribution in [2.24, 2.45) is 0 Å². The van der Waals surface area contributed by atoms with Crippen molar-refractivity contribution in [3.63, 3.8) is 0 Å². The molecule has 0 unspecified atom stereocenters. The number of aryl methyl sites for hydroxylation is 1. The third-order valence-electron chi connectivity index (χ3n) is 2.56. The molecule has 1 aromatic carbocycles. The van der Waals surface area contributed by atoms with Crippen LogP contribution in [0.2, 0.25) is 0 Å². The summed E-state index contributed by atoms with van der Waals surface area (Å²) >= 11 is 0. The van der Waals surface area contributed by atoms with Crippen LogP contribution in [-0.2, 0) is 6.42 Å². The Labute approximate surface area is 98.6 Å². The zero-order valence-electron chi connectivity index (χ0n) is 9.40. The number of nitriles is 1. The molecule has 0 atom stereocenters. The molecule has 0 aliphatic rings. The van der Waals surface area contributed by atoms with Gasteiger partial charge >= 0.3 is 0 Å². The van der Waals surface area contributed by atoms with Gasteiger partial charge in [-0.2, -0.15) is 5.26 Å². The Morgan fingerprint density at radius 2 is 2.06 bits per heavy atom. The second-order valence-electron chi connectivity index (χ2n) is 3.64. The molecule has 0 aliphatic heterocycles. The summed E-state index contributed by atoms with van der Waals surface area (Å²) in [5, 5.41) is 8.64. The summed E-state index contributed by atoms with van der Waals surface area (Å²) in [5.74, 6) is 0.483. The Kier molecular flexibility index (Phi) is 3.01. The van der Waals surface area contributed by atoms with Crippen molar-refractivity contribution in [2.75, 3.05) is 0 Å². The minimum Gasteiger partial charge on any atom is -0.305 e. The molecule has 0 fully saturated rings. The van der Waals surface area contributed by atoms with Gasteiger partial charge in [0.25, 0.3) is 5.56 Å². The molecule has 0 bridgehead atoms. The monoisotopic (exact) mass is 225 g/mol. The molecule has 4 nitrogen and oxygen atoms in total. The topological polar surface area (TPSA) is 69.5 Å². The third kappa shape index (κ3) is 2.23. The maximum atomic E-state index is 11.4. The maximum Gasteiger partial charge on any atom is 0.269 e. The predicted octanol–water partition coefficient (Wildman–Crippen LogP) is 1.87. The molecule has 0 saturated carbocycles. The Hall–Kier alpha value is -2.41. The number of aromatic amines is 1. The van der Waals surface area contributed by atoms with Gasteiger partial charge in [0.1, 0.15) is 17.5 Å². The van der Waals surface area contributed by atoms with Gasteiger partial charge in [0, 0.05) is 5.56 Å². The first-order valence-corrected chi connectivity index (χ1v) is 5.33. The lowest BCUT2D eigenvalue weighted by Crippen LogP contribution is -2.11. The lowest BCUT2D eigenvalue weighted by atomic mass is 10.1. The SMILES string of the molecule is CCc1ccc(-c2ncc(C#N)c(=O)[nH]2)cc1. The number of hydrogen-bond donors (Lipinski definition) is 1. The number of aromatic nitrogens is 2. The second kappa shape index (κ2) is 4.62. The number of hydrogen-bond acceptors (Lipinski definition) is 3.